The summed E-state index contributed by atoms with van der Waals surface area (Å²) in [5, 5.41) is 0. The maximum Gasteiger partial charge on any atom is 0.0578 e. The highest BCUT2D eigenvalue weighted by atomic mass is 14.6. The summed E-state index contributed by atoms with van der Waals surface area (Å²) in [5.74, 6) is 5.75. The maximum atomic E-state index is 5.24. The Bertz CT molecular complexity index is 191. The molecule has 54 valence electrons. The maximum absolute atomic E-state index is 5.24. The van der Waals surface area contributed by atoms with Gasteiger partial charge in [0.15, 0.2) is 0 Å². The second-order valence-corrected chi connectivity index (χ2v) is 1.66. The van der Waals surface area contributed by atoms with Crippen molar-refractivity contribution in [2.45, 2.75) is 13.3 Å². The van der Waals surface area contributed by atoms with Crippen molar-refractivity contribution >= 4 is 6.21 Å². The Balaban J connectivity index is 4.11. The van der Waals surface area contributed by atoms with Crippen LogP contribution in [0.15, 0.2) is 16.8 Å². The van der Waals surface area contributed by atoms with E-state index < -0.39 is 0 Å². The van der Waals surface area contributed by atoms with E-state index in [2.05, 4.69) is 16.8 Å². The Labute approximate surface area is 61.8 Å². The first-order valence-corrected chi connectivity index (χ1v) is 3.18. The van der Waals surface area contributed by atoms with E-state index in [0.717, 1.165) is 12.0 Å². The summed E-state index contributed by atoms with van der Waals surface area (Å²) in [4.78, 5) is 3.78. The van der Waals surface area contributed by atoms with Crippen molar-refractivity contribution in [2.75, 3.05) is 7.05 Å². The van der Waals surface area contributed by atoms with Gasteiger partial charge in [-0.15, -0.1) is 0 Å². The summed E-state index contributed by atoms with van der Waals surface area (Å²) in [7, 11) is 1.69. The van der Waals surface area contributed by atoms with Crippen LogP contribution in [0.4, 0.5) is 0 Å². The summed E-state index contributed by atoms with van der Waals surface area (Å²) in [5.41, 5.74) is 6.01. The minimum absolute atomic E-state index is 0.768. The molecule has 0 saturated heterocycles. The van der Waals surface area contributed by atoms with Crippen LogP contribution in [-0.2, 0) is 0 Å². The van der Waals surface area contributed by atoms with E-state index in [0.29, 0.717) is 0 Å². The van der Waals surface area contributed by atoms with Crippen molar-refractivity contribution in [3.63, 3.8) is 0 Å². The Morgan fingerprint density at radius 3 is 2.80 bits per heavy atom. The third-order valence-electron chi connectivity index (χ3n) is 0.857. The number of allylic oxidation sites excluding steroid dienone is 1. The lowest BCUT2D eigenvalue weighted by Gasteiger charge is -1.83. The van der Waals surface area contributed by atoms with Gasteiger partial charge in [0.2, 0.25) is 0 Å². The lowest BCUT2D eigenvalue weighted by Crippen LogP contribution is -1.87. The molecular weight excluding hydrogens is 124 g/mol. The van der Waals surface area contributed by atoms with Gasteiger partial charge in [-0.2, -0.15) is 0 Å². The minimum Gasteiger partial charge on any atom is -0.404 e. The molecule has 0 fully saturated rings. The Kier molecular flexibility index (Phi) is 5.17. The number of hydrogen-bond acceptors (Lipinski definition) is 2. The third kappa shape index (κ3) is 3.73. The smallest absolute Gasteiger partial charge is 0.0578 e. The minimum atomic E-state index is 0.768. The van der Waals surface area contributed by atoms with Crippen LogP contribution < -0.4 is 5.73 Å². The van der Waals surface area contributed by atoms with Crippen LogP contribution in [-0.4, -0.2) is 13.3 Å². The van der Waals surface area contributed by atoms with Gasteiger partial charge in [0.25, 0.3) is 0 Å². The molecule has 0 spiro atoms. The van der Waals surface area contributed by atoms with Gasteiger partial charge in [0, 0.05) is 25.9 Å². The van der Waals surface area contributed by atoms with Gasteiger partial charge >= 0.3 is 0 Å². The summed E-state index contributed by atoms with van der Waals surface area (Å²) < 4.78 is 0. The molecule has 0 aliphatic heterocycles. The molecule has 10 heavy (non-hydrogen) atoms. The summed E-state index contributed by atoms with van der Waals surface area (Å²) in [6, 6.07) is 0. The van der Waals surface area contributed by atoms with Crippen LogP contribution in [0, 0.1) is 11.8 Å². The van der Waals surface area contributed by atoms with Crippen LogP contribution in [0.3, 0.4) is 0 Å². The van der Waals surface area contributed by atoms with E-state index in [9.17, 15) is 0 Å². The first-order valence-electron chi connectivity index (χ1n) is 3.18. The van der Waals surface area contributed by atoms with Gasteiger partial charge in [-0.3, -0.25) is 4.99 Å². The largest absolute Gasteiger partial charge is 0.404 e. The zero-order valence-electron chi connectivity index (χ0n) is 6.39. The average molecular weight is 136 g/mol. The van der Waals surface area contributed by atoms with Crippen LogP contribution >= 0.6 is 0 Å². The predicted molar refractivity (Wildman–Crippen MR) is 44.8 cm³/mol. The van der Waals surface area contributed by atoms with Crippen molar-refractivity contribution in [2.24, 2.45) is 10.7 Å². The van der Waals surface area contributed by atoms with Gasteiger partial charge in [0.05, 0.1) is 5.57 Å². The van der Waals surface area contributed by atoms with E-state index in [-0.39, 0.29) is 0 Å². The first kappa shape index (κ1) is 8.77. The summed E-state index contributed by atoms with van der Waals surface area (Å²) in [6.45, 7) is 1.99. The molecule has 0 heterocycles. The van der Waals surface area contributed by atoms with E-state index in [4.69, 9.17) is 5.73 Å². The van der Waals surface area contributed by atoms with Crippen molar-refractivity contribution in [3.05, 3.63) is 11.8 Å². The molecule has 0 amide bonds. The standard InChI is InChI=1S/C8H12N2/c1-3-4-5-8(6-9)7-10-2/h6-7H,3,9H2,1-2H3/b8-6-,10-7?. The molecule has 0 aromatic carbocycles. The van der Waals surface area contributed by atoms with Crippen LogP contribution in [0.2, 0.25) is 0 Å². The third-order valence-corrected chi connectivity index (χ3v) is 0.857. The fraction of sp³-hybridized carbons (Fsp3) is 0.375. The predicted octanol–water partition coefficient (Wildman–Crippen LogP) is 0.943. The van der Waals surface area contributed by atoms with E-state index in [1.807, 2.05) is 6.92 Å². The highest BCUT2D eigenvalue weighted by molar-refractivity contribution is 5.84. The number of rotatable bonds is 1. The zero-order valence-corrected chi connectivity index (χ0v) is 6.39. The molecule has 2 nitrogen and oxygen atoms in total. The second-order valence-electron chi connectivity index (χ2n) is 1.66. The SMILES string of the molecule is CCC#C/C(C=NC)=C/N. The first-order chi connectivity index (χ1) is 4.85. The molecular formula is C8H12N2. The van der Waals surface area contributed by atoms with Crippen molar-refractivity contribution < 1.29 is 0 Å². The number of aliphatic imine (C=N–C) groups is 1. The molecule has 0 unspecified atom stereocenters. The van der Waals surface area contributed by atoms with Gasteiger partial charge < -0.3 is 5.73 Å². The molecule has 0 rings (SSSR count). The second kappa shape index (κ2) is 5.90. The average Bonchev–Trinajstić information content (AvgIpc) is 1.98. The number of nitrogens with zero attached hydrogens (tertiary/aromatic N) is 1. The molecule has 0 aliphatic carbocycles. The number of nitrogens with two attached hydrogens (primary N) is 1. The molecule has 0 radical (unpaired) electrons. The highest BCUT2D eigenvalue weighted by Gasteiger charge is 1.79. The summed E-state index contributed by atoms with van der Waals surface area (Å²) in [6.07, 6.45) is 3.94. The van der Waals surface area contributed by atoms with Crippen LogP contribution in [0.1, 0.15) is 13.3 Å². The summed E-state index contributed by atoms with van der Waals surface area (Å²) >= 11 is 0. The van der Waals surface area contributed by atoms with E-state index in [1.54, 1.807) is 13.3 Å². The highest BCUT2D eigenvalue weighted by Crippen LogP contribution is 1.83. The van der Waals surface area contributed by atoms with Gasteiger partial charge in [-0.25, -0.2) is 0 Å². The molecule has 0 aromatic rings. The van der Waals surface area contributed by atoms with E-state index >= 15 is 0 Å². The monoisotopic (exact) mass is 136 g/mol. The topological polar surface area (TPSA) is 38.4 Å². The Hall–Kier alpha value is -1.23. The Morgan fingerprint density at radius 2 is 2.40 bits per heavy atom. The zero-order chi connectivity index (χ0) is 7.82. The quantitative estimate of drug-likeness (QED) is 0.423. The normalized spacial score (nSPS) is 11.2. The molecule has 0 aliphatic rings. The molecule has 0 saturated carbocycles. The molecule has 2 heteroatoms. The van der Waals surface area contributed by atoms with Crippen LogP contribution in [0.5, 0.6) is 0 Å². The van der Waals surface area contributed by atoms with Gasteiger partial charge in [0.1, 0.15) is 0 Å². The molecule has 0 bridgehead atoms. The van der Waals surface area contributed by atoms with Crippen molar-refractivity contribution in [3.8, 4) is 11.8 Å². The van der Waals surface area contributed by atoms with Gasteiger partial charge in [-0.05, 0) is 0 Å². The van der Waals surface area contributed by atoms with Crippen molar-refractivity contribution in [1.29, 1.82) is 0 Å². The van der Waals surface area contributed by atoms with Crippen LogP contribution in [0.25, 0.3) is 0 Å². The van der Waals surface area contributed by atoms with Gasteiger partial charge in [-0.1, -0.05) is 18.8 Å². The number of hydrogen-bond donors (Lipinski definition) is 1. The fourth-order valence-electron chi connectivity index (χ4n) is 0.447. The van der Waals surface area contributed by atoms with Crippen molar-refractivity contribution in [1.82, 2.24) is 0 Å². The lowest BCUT2D eigenvalue weighted by molar-refractivity contribution is 1.28. The molecule has 0 atom stereocenters. The van der Waals surface area contributed by atoms with E-state index in [1.165, 1.54) is 6.20 Å². The molecule has 2 N–H and O–H groups in total. The fourth-order valence-corrected chi connectivity index (χ4v) is 0.447. The Morgan fingerprint density at radius 1 is 1.70 bits per heavy atom. The lowest BCUT2D eigenvalue weighted by atomic mass is 10.3. The molecule has 0 aromatic heterocycles.